The molecule has 1 aliphatic rings. The van der Waals surface area contributed by atoms with Gasteiger partial charge in [-0.2, -0.15) is 12.1 Å². The SMILES string of the molecule is [2H]C([2H])(c1ccnc(-n2c3[c-]c(Oc4[c-]c(N5[CH-]n6c7c(-c8cc(C(C)(C)C)cc(C(C)(C)C)c8)cccc7c7ccccc7c7ccccc7c7cccc5c76)ccc4)ccc3c3ccccc32)c1)C(C)C.[Pt]. The fraction of sp³-hybridized carbons (Fsp3) is 0.182. The largest absolute Gasteiger partial charge is 0.509 e. The number of fused-ring (bicyclic) bond motifs is 10. The first-order chi connectivity index (χ1) is 35.0. The molecule has 0 radical (unpaired) electrons. The molecule has 0 aliphatic carbocycles. The maximum Gasteiger partial charge on any atom is 0.135 e. The van der Waals surface area contributed by atoms with E-state index >= 15 is 0 Å². The number of para-hydroxylation sites is 3. The second-order valence-electron chi connectivity index (χ2n) is 21.3. The summed E-state index contributed by atoms with van der Waals surface area (Å²) in [6.07, 6.45) is 0.160. The number of anilines is 2. The fourth-order valence-corrected chi connectivity index (χ4v) is 10.5. The maximum absolute atomic E-state index is 8.89. The Bertz CT molecular complexity index is 4070. The summed E-state index contributed by atoms with van der Waals surface area (Å²) in [6, 6.07) is 67.5. The van der Waals surface area contributed by atoms with E-state index in [9.17, 15) is 0 Å². The van der Waals surface area contributed by atoms with Gasteiger partial charge in [0.15, 0.2) is 0 Å². The Morgan fingerprint density at radius 3 is 1.83 bits per heavy atom. The van der Waals surface area contributed by atoms with Gasteiger partial charge in [0.1, 0.15) is 5.82 Å². The van der Waals surface area contributed by atoms with Gasteiger partial charge in [0, 0.05) is 52.7 Å². The van der Waals surface area contributed by atoms with Gasteiger partial charge in [0.2, 0.25) is 0 Å². The van der Waals surface area contributed by atoms with Crippen molar-refractivity contribution in [1.29, 1.82) is 0 Å². The van der Waals surface area contributed by atoms with E-state index in [1.807, 2.05) is 50.2 Å². The van der Waals surface area contributed by atoms with Crippen LogP contribution in [-0.4, -0.2) is 14.1 Å². The van der Waals surface area contributed by atoms with Crippen molar-refractivity contribution in [3.63, 3.8) is 0 Å². The number of rotatable bonds is 7. The van der Waals surface area contributed by atoms with Gasteiger partial charge in [-0.25, -0.2) is 4.98 Å². The molecule has 6 heteroatoms. The molecule has 1 aliphatic heterocycles. The normalized spacial score (nSPS) is 13.2. The van der Waals surface area contributed by atoms with Crippen molar-refractivity contribution in [2.75, 3.05) is 4.90 Å². The zero-order valence-corrected chi connectivity index (χ0v) is 44.2. The summed E-state index contributed by atoms with van der Waals surface area (Å²) in [6.45, 7) is 19.9. The Labute approximate surface area is 440 Å². The minimum Gasteiger partial charge on any atom is -0.509 e. The third-order valence-electron chi connectivity index (χ3n) is 13.9. The maximum atomic E-state index is 8.89. The number of pyridine rings is 1. The zero-order chi connectivity index (χ0) is 50.6. The number of hydrogen-bond donors (Lipinski definition) is 0. The summed E-state index contributed by atoms with van der Waals surface area (Å²) in [5.41, 5.74) is 11.2. The van der Waals surface area contributed by atoms with Crippen LogP contribution in [0.1, 0.15) is 74.8 Å². The molecule has 0 atom stereocenters. The van der Waals surface area contributed by atoms with Crippen molar-refractivity contribution in [2.24, 2.45) is 5.92 Å². The topological polar surface area (TPSA) is 35.2 Å². The average Bonchev–Trinajstić information content (AvgIpc) is 3.95. The summed E-state index contributed by atoms with van der Waals surface area (Å²) in [5.74, 6) is 1.47. The standard InChI is InChI=1S/C66H57N4O.Pt/c1-42(2)34-43-32-33-67-62(35-43)70-59-28-14-13-24-55(59)56-31-30-49(40-61(56)70)71-48-19-15-18-47(39-48)68-41-69-63-50(44-36-45(65(3,4)5)38-46(37-44)66(6,7)8)25-16-26-57(63)53-22-11-9-20-51(53)52-21-10-12-23-54(52)58-27-17-29-60(68)64(58)69;/h9-33,35-38,41-42H,34H2,1-8H3;/q-3;/i34D2;. The monoisotopic (exact) mass is 1120 g/mol. The van der Waals surface area contributed by atoms with Crippen molar-refractivity contribution in [2.45, 2.75) is 72.6 Å². The van der Waals surface area contributed by atoms with E-state index < -0.39 is 6.37 Å². The molecular weight excluding hydrogens is 1060 g/mol. The van der Waals surface area contributed by atoms with E-state index in [0.29, 0.717) is 22.9 Å². The zero-order valence-electron chi connectivity index (χ0n) is 43.9. The minimum absolute atomic E-state index is 0. The van der Waals surface area contributed by atoms with Crippen LogP contribution in [0.3, 0.4) is 0 Å². The van der Waals surface area contributed by atoms with E-state index in [1.165, 1.54) is 32.8 Å². The molecule has 3 aromatic heterocycles. The predicted octanol–water partition coefficient (Wildman–Crippen LogP) is 17.7. The molecule has 360 valence electrons. The second-order valence-corrected chi connectivity index (χ2v) is 21.3. The molecule has 0 bridgehead atoms. The summed E-state index contributed by atoms with van der Waals surface area (Å²) in [7, 11) is 0. The van der Waals surface area contributed by atoms with Gasteiger partial charge in [0.25, 0.3) is 0 Å². The van der Waals surface area contributed by atoms with Crippen molar-refractivity contribution in [3.05, 3.63) is 212 Å². The van der Waals surface area contributed by atoms with Crippen LogP contribution in [0.2, 0.25) is 0 Å². The average molecular weight is 1120 g/mol. The Morgan fingerprint density at radius 2 is 1.17 bits per heavy atom. The first kappa shape index (κ1) is 44.6. The molecule has 0 saturated heterocycles. The number of hydrogen-bond acceptors (Lipinski definition) is 3. The van der Waals surface area contributed by atoms with Crippen LogP contribution in [0.4, 0.5) is 11.4 Å². The molecule has 8 aromatic carbocycles. The van der Waals surface area contributed by atoms with Crippen LogP contribution in [-0.2, 0) is 38.3 Å². The molecule has 4 heterocycles. The molecule has 0 spiro atoms. The Hall–Kier alpha value is -7.33. The summed E-state index contributed by atoms with van der Waals surface area (Å²) in [4.78, 5) is 7.03. The second kappa shape index (κ2) is 18.1. The number of aromatic nitrogens is 3. The van der Waals surface area contributed by atoms with Crippen LogP contribution in [0.25, 0.3) is 82.1 Å². The number of benzene rings is 8. The fourth-order valence-electron chi connectivity index (χ4n) is 10.5. The van der Waals surface area contributed by atoms with Crippen LogP contribution < -0.4 is 9.64 Å². The van der Waals surface area contributed by atoms with E-state index in [2.05, 4.69) is 202 Å². The van der Waals surface area contributed by atoms with Crippen LogP contribution >= 0.6 is 0 Å². The van der Waals surface area contributed by atoms with Gasteiger partial charge in [0.05, 0.1) is 0 Å². The predicted molar refractivity (Wildman–Crippen MR) is 298 cm³/mol. The minimum atomic E-state index is -1.54. The molecule has 0 amide bonds. The van der Waals surface area contributed by atoms with Gasteiger partial charge in [-0.1, -0.05) is 182 Å². The third-order valence-corrected chi connectivity index (χ3v) is 13.9. The molecule has 11 aromatic rings. The summed E-state index contributed by atoms with van der Waals surface area (Å²) < 4.78 is 29.0. The van der Waals surface area contributed by atoms with E-state index in [0.717, 1.165) is 65.9 Å². The first-order valence-corrected chi connectivity index (χ1v) is 24.7. The molecule has 0 unspecified atom stereocenters. The van der Waals surface area contributed by atoms with Crippen molar-refractivity contribution in [1.82, 2.24) is 14.1 Å². The van der Waals surface area contributed by atoms with Crippen LogP contribution in [0.15, 0.2) is 176 Å². The molecule has 0 N–H and O–H groups in total. The quantitative estimate of drug-likeness (QED) is 0.149. The van der Waals surface area contributed by atoms with Crippen LogP contribution in [0, 0.1) is 24.7 Å². The van der Waals surface area contributed by atoms with E-state index in [4.69, 9.17) is 12.5 Å². The third kappa shape index (κ3) is 8.18. The van der Waals surface area contributed by atoms with E-state index in [-0.39, 0.29) is 37.8 Å². The smallest absolute Gasteiger partial charge is 0.135 e. The van der Waals surface area contributed by atoms with Crippen molar-refractivity contribution >= 4 is 76.5 Å². The van der Waals surface area contributed by atoms with Gasteiger partial charge in [-0.15, -0.1) is 35.7 Å². The summed E-state index contributed by atoms with van der Waals surface area (Å²) >= 11 is 0. The van der Waals surface area contributed by atoms with Gasteiger partial charge in [-0.05, 0) is 131 Å². The van der Waals surface area contributed by atoms with Crippen LogP contribution in [0.5, 0.6) is 11.5 Å². The first-order valence-electron chi connectivity index (χ1n) is 25.7. The van der Waals surface area contributed by atoms with Gasteiger partial charge >= 0.3 is 0 Å². The summed E-state index contributed by atoms with van der Waals surface area (Å²) in [5, 5.41) is 9.03. The molecule has 0 fully saturated rings. The number of nitrogens with zero attached hydrogens (tertiary/aromatic N) is 4. The van der Waals surface area contributed by atoms with E-state index in [1.54, 1.807) is 12.3 Å². The van der Waals surface area contributed by atoms with Gasteiger partial charge < -0.3 is 18.8 Å². The van der Waals surface area contributed by atoms with Crippen molar-refractivity contribution in [3.8, 4) is 28.4 Å². The molecule has 12 rings (SSSR count). The molecule has 5 nitrogen and oxygen atoms in total. The Kier molecular flexibility index (Phi) is 11.2. The van der Waals surface area contributed by atoms with Crippen molar-refractivity contribution < 1.29 is 28.5 Å². The number of ether oxygens (including phenoxy) is 1. The molecule has 72 heavy (non-hydrogen) atoms. The Balaban J connectivity index is 0.00000588. The molecular formula is C66H57N4OPt-3. The molecule has 0 saturated carbocycles. The van der Waals surface area contributed by atoms with Gasteiger partial charge in [-0.3, -0.25) is 0 Å². The Morgan fingerprint density at radius 1 is 0.583 bits per heavy atom.